The van der Waals surface area contributed by atoms with Crippen molar-refractivity contribution in [3.8, 4) is 11.8 Å². The lowest BCUT2D eigenvalue weighted by Crippen LogP contribution is -2.33. The van der Waals surface area contributed by atoms with Crippen LogP contribution in [0.1, 0.15) is 23.9 Å². The fourth-order valence-electron chi connectivity index (χ4n) is 4.64. The van der Waals surface area contributed by atoms with E-state index in [1.165, 1.54) is 52.1 Å². The molecule has 0 radical (unpaired) electrons. The average Bonchev–Trinajstić information content (AvgIpc) is 3.55. The lowest BCUT2D eigenvalue weighted by molar-refractivity contribution is 0.354. The highest BCUT2D eigenvalue weighted by atomic mass is 35.5. The van der Waals surface area contributed by atoms with E-state index in [4.69, 9.17) is 11.6 Å². The molecule has 0 amide bonds. The first-order valence-electron chi connectivity index (χ1n) is 10.6. The van der Waals surface area contributed by atoms with Crippen LogP contribution in [0, 0.1) is 17.1 Å². The van der Waals surface area contributed by atoms with Crippen molar-refractivity contribution in [1.82, 2.24) is 29.1 Å². The second-order valence-corrected chi connectivity index (χ2v) is 8.58. The molecule has 2 atom stereocenters. The largest absolute Gasteiger partial charge is 0.345 e. The molecule has 0 spiro atoms. The van der Waals surface area contributed by atoms with Crippen LogP contribution in [0.5, 0.6) is 0 Å². The van der Waals surface area contributed by atoms with Crippen LogP contribution < -0.4 is 10.5 Å². The summed E-state index contributed by atoms with van der Waals surface area (Å²) in [6.07, 6.45) is 3.10. The first-order valence-corrected chi connectivity index (χ1v) is 11.0. The predicted molar refractivity (Wildman–Crippen MR) is 145 cm³/mol. The topological polar surface area (TPSA) is 108 Å². The van der Waals surface area contributed by atoms with Crippen molar-refractivity contribution < 1.29 is 8.78 Å². The molecule has 4 aromatic heterocycles. The minimum absolute atomic E-state index is 0. The van der Waals surface area contributed by atoms with Crippen LogP contribution >= 0.6 is 38.6 Å². The summed E-state index contributed by atoms with van der Waals surface area (Å²) in [5, 5.41) is 14.8. The third kappa shape index (κ3) is 4.20. The Balaban J connectivity index is 0.00000160. The van der Waals surface area contributed by atoms with Gasteiger partial charge in [0.15, 0.2) is 5.82 Å². The molecule has 0 saturated carbocycles. The van der Waals surface area contributed by atoms with E-state index in [9.17, 15) is 18.8 Å². The molecule has 1 saturated heterocycles. The minimum atomic E-state index is -1.27. The summed E-state index contributed by atoms with van der Waals surface area (Å²) in [5.74, 6) is -0.0261. The van der Waals surface area contributed by atoms with Crippen LogP contribution in [-0.4, -0.2) is 41.8 Å². The fourth-order valence-corrected chi connectivity index (χ4v) is 4.87. The van der Waals surface area contributed by atoms with Crippen LogP contribution in [0.15, 0.2) is 53.8 Å². The van der Waals surface area contributed by atoms with E-state index in [2.05, 4.69) is 26.1 Å². The maximum Gasteiger partial charge on any atom is 0.284 e. The molecule has 37 heavy (non-hydrogen) atoms. The van der Waals surface area contributed by atoms with Gasteiger partial charge in [-0.05, 0) is 24.3 Å². The van der Waals surface area contributed by atoms with Crippen molar-refractivity contribution >= 4 is 61.0 Å². The molecule has 1 aliphatic rings. The Morgan fingerprint density at radius 3 is 2.78 bits per heavy atom. The van der Waals surface area contributed by atoms with E-state index >= 15 is 0 Å². The molecule has 190 valence electrons. The molecule has 14 heteroatoms. The molecule has 0 bridgehead atoms. The molecule has 1 N–H and O–H groups in total. The average molecular weight is 561 g/mol. The van der Waals surface area contributed by atoms with Crippen molar-refractivity contribution in [3.63, 3.8) is 0 Å². The molecule has 1 aromatic carbocycles. The summed E-state index contributed by atoms with van der Waals surface area (Å²) >= 11 is 6.24. The number of alkyl halides is 1. The van der Waals surface area contributed by atoms with Crippen molar-refractivity contribution in [2.24, 2.45) is 0 Å². The highest BCUT2D eigenvalue weighted by molar-refractivity contribution is 7.59. The number of benzene rings is 1. The number of fused-ring (bicyclic) bond motifs is 2. The van der Waals surface area contributed by atoms with E-state index in [1.807, 2.05) is 0 Å². The molecule has 1 fully saturated rings. The maximum atomic E-state index is 15.0. The number of rotatable bonds is 3. The van der Waals surface area contributed by atoms with Gasteiger partial charge in [-0.1, -0.05) is 17.7 Å². The third-order valence-electron chi connectivity index (χ3n) is 6.12. The molecular weight excluding hydrogens is 542 g/mol. The Hall–Kier alpha value is -3.60. The predicted octanol–water partition coefficient (Wildman–Crippen LogP) is 3.94. The molecular formula is C23H19ClF2N8OS2. The van der Waals surface area contributed by atoms with E-state index < -0.39 is 23.6 Å². The number of nitrogens with zero attached hydrogens (tertiary/aromatic N) is 7. The molecule has 9 nitrogen and oxygen atoms in total. The van der Waals surface area contributed by atoms with Crippen molar-refractivity contribution in [2.45, 2.75) is 18.6 Å². The van der Waals surface area contributed by atoms with Crippen LogP contribution in [0.25, 0.3) is 22.2 Å². The Labute approximate surface area is 227 Å². The smallest absolute Gasteiger partial charge is 0.284 e. The summed E-state index contributed by atoms with van der Waals surface area (Å²) < 4.78 is 31.7. The number of H-pyrrole nitrogens is 1. The lowest BCUT2D eigenvalue weighted by atomic mass is 10.1. The van der Waals surface area contributed by atoms with Crippen LogP contribution in [0.2, 0.25) is 5.02 Å². The van der Waals surface area contributed by atoms with E-state index in [1.54, 1.807) is 11.0 Å². The summed E-state index contributed by atoms with van der Waals surface area (Å²) in [4.78, 5) is 26.7. The van der Waals surface area contributed by atoms with Crippen LogP contribution in [-0.2, 0) is 0 Å². The Bertz CT molecular complexity index is 1730. The highest BCUT2D eigenvalue weighted by Gasteiger charge is 2.39. The van der Waals surface area contributed by atoms with Gasteiger partial charge in [0, 0.05) is 18.8 Å². The molecule has 0 unspecified atom stereocenters. The monoisotopic (exact) mass is 560 g/mol. The molecule has 1 aliphatic heterocycles. The third-order valence-corrected chi connectivity index (χ3v) is 6.42. The van der Waals surface area contributed by atoms with E-state index in [0.717, 1.165) is 0 Å². The molecule has 5 aromatic rings. The van der Waals surface area contributed by atoms with Gasteiger partial charge < -0.3 is 9.88 Å². The molecule has 5 heterocycles. The quantitative estimate of drug-likeness (QED) is 0.358. The molecule has 6 rings (SSSR count). The van der Waals surface area contributed by atoms with Gasteiger partial charge in [0.2, 0.25) is 0 Å². The van der Waals surface area contributed by atoms with Gasteiger partial charge >= 0.3 is 0 Å². The number of nitriles is 1. The van der Waals surface area contributed by atoms with Gasteiger partial charge in [0.1, 0.15) is 41.4 Å². The van der Waals surface area contributed by atoms with Crippen molar-refractivity contribution in [1.29, 1.82) is 5.26 Å². The van der Waals surface area contributed by atoms with Crippen molar-refractivity contribution in [3.05, 3.63) is 81.6 Å². The number of nitrogens with one attached hydrogen (secondary N) is 1. The summed E-state index contributed by atoms with van der Waals surface area (Å²) in [5.41, 5.74) is 0.551. The number of aromatic nitrogens is 6. The summed E-state index contributed by atoms with van der Waals surface area (Å²) in [6.45, 7) is -0.0453. The highest BCUT2D eigenvalue weighted by Crippen LogP contribution is 2.39. The van der Waals surface area contributed by atoms with Gasteiger partial charge in [-0.25, -0.2) is 23.3 Å². The molecule has 0 aliphatic carbocycles. The number of halogens is 3. The first kappa shape index (κ1) is 26.5. The van der Waals surface area contributed by atoms with Gasteiger partial charge in [-0.3, -0.25) is 9.36 Å². The van der Waals surface area contributed by atoms with Gasteiger partial charge in [-0.2, -0.15) is 37.4 Å². The number of hydrogen-bond acceptors (Lipinski definition) is 6. The zero-order chi connectivity index (χ0) is 24.3. The van der Waals surface area contributed by atoms with Crippen LogP contribution in [0.3, 0.4) is 0 Å². The lowest BCUT2D eigenvalue weighted by Gasteiger charge is -2.27. The first-order chi connectivity index (χ1) is 17.0. The second kappa shape index (κ2) is 10.0. The summed E-state index contributed by atoms with van der Waals surface area (Å²) in [6, 6.07) is 8.37. The fraction of sp³-hybridized carbons (Fsp3) is 0.174. The van der Waals surface area contributed by atoms with E-state index in [0.29, 0.717) is 22.4 Å². The number of hydrogen-bond donors (Lipinski definition) is 1. The zero-order valence-electron chi connectivity index (χ0n) is 18.9. The normalized spacial score (nSPS) is 17.0. The second-order valence-electron chi connectivity index (χ2n) is 8.17. The minimum Gasteiger partial charge on any atom is -0.345 e. The Morgan fingerprint density at radius 1 is 1.22 bits per heavy atom. The van der Waals surface area contributed by atoms with Gasteiger partial charge in [-0.15, -0.1) is 0 Å². The van der Waals surface area contributed by atoms with Crippen LogP contribution in [0.4, 0.5) is 14.6 Å². The van der Waals surface area contributed by atoms with Crippen molar-refractivity contribution in [2.75, 3.05) is 11.4 Å². The number of anilines is 1. The maximum absolute atomic E-state index is 15.0. The van der Waals surface area contributed by atoms with Gasteiger partial charge in [0.25, 0.3) is 5.56 Å². The van der Waals surface area contributed by atoms with Gasteiger partial charge in [0.05, 0.1) is 34.2 Å². The zero-order valence-corrected chi connectivity index (χ0v) is 21.6. The Morgan fingerprint density at radius 2 is 2.03 bits per heavy atom. The van der Waals surface area contributed by atoms with E-state index in [-0.39, 0.29) is 62.0 Å². The number of aromatic amines is 1. The Kier molecular flexibility index (Phi) is 7.18. The SMILES string of the molecule is N#Cc1c[nH]c2ncnc(N3C[C@@H](F)C[C@H]3c3nn4ccc(Cl)c4c(=O)n3-c3cccc(F)c3)c12.S.S. The standard InChI is InChI=1S/C23H15ClF2N8O.2H2S/c24-16-4-5-33-19(16)23(35)34(15-3-1-2-13(25)6-15)21(31-33)17-7-14(26)10-32(17)22-18-12(8-27)9-28-20(18)29-11-30-22;;/h1-6,9,11,14,17H,7,10H2,(H,28,29,30);2*1H2/t14-,17-;;/m0../s1. The summed E-state index contributed by atoms with van der Waals surface area (Å²) in [7, 11) is 0.